The van der Waals surface area contributed by atoms with Crippen LogP contribution in [0.5, 0.6) is 0 Å². The molecule has 21 heavy (non-hydrogen) atoms. The first-order chi connectivity index (χ1) is 10.2. The Bertz CT molecular complexity index is 432. The van der Waals surface area contributed by atoms with Crippen molar-refractivity contribution in [3.63, 3.8) is 0 Å². The third kappa shape index (κ3) is 4.94. The molecule has 0 aliphatic carbocycles. The molecule has 116 valence electrons. The van der Waals surface area contributed by atoms with E-state index in [2.05, 4.69) is 54.1 Å². The molecular formula is C18H28N2O. The van der Waals surface area contributed by atoms with Gasteiger partial charge in [0.1, 0.15) is 0 Å². The summed E-state index contributed by atoms with van der Waals surface area (Å²) < 4.78 is 0. The molecule has 0 unspecified atom stereocenters. The van der Waals surface area contributed by atoms with Gasteiger partial charge in [0.15, 0.2) is 5.78 Å². The Balaban J connectivity index is 1.69. The third-order valence-corrected chi connectivity index (χ3v) is 4.42. The van der Waals surface area contributed by atoms with Gasteiger partial charge in [-0.3, -0.25) is 14.6 Å². The van der Waals surface area contributed by atoms with Gasteiger partial charge in [-0.05, 0) is 57.9 Å². The summed E-state index contributed by atoms with van der Waals surface area (Å²) in [5.41, 5.74) is 1.38. The van der Waals surface area contributed by atoms with Crippen LogP contribution in [-0.2, 0) is 11.2 Å². The average Bonchev–Trinajstić information content (AvgIpc) is 2.97. The molecule has 2 rings (SSSR count). The van der Waals surface area contributed by atoms with Gasteiger partial charge in [0.25, 0.3) is 0 Å². The molecule has 3 nitrogen and oxygen atoms in total. The van der Waals surface area contributed by atoms with Crippen molar-refractivity contribution in [3.8, 4) is 0 Å². The minimum Gasteiger partial charge on any atom is -0.299 e. The van der Waals surface area contributed by atoms with Gasteiger partial charge in [-0.1, -0.05) is 37.3 Å². The Morgan fingerprint density at radius 1 is 1.33 bits per heavy atom. The number of hydrogen-bond donors (Lipinski definition) is 0. The highest BCUT2D eigenvalue weighted by Gasteiger charge is 2.29. The summed E-state index contributed by atoms with van der Waals surface area (Å²) in [5.74, 6) is 0.400. The lowest BCUT2D eigenvalue weighted by molar-refractivity contribution is -0.124. The van der Waals surface area contributed by atoms with E-state index < -0.39 is 0 Å². The van der Waals surface area contributed by atoms with Crippen molar-refractivity contribution in [2.45, 2.75) is 38.6 Å². The molecule has 1 heterocycles. The molecule has 1 saturated heterocycles. The van der Waals surface area contributed by atoms with Crippen molar-refractivity contribution in [2.24, 2.45) is 0 Å². The number of carbonyl (C=O) groups excluding carboxylic acids is 1. The first-order valence-corrected chi connectivity index (χ1v) is 8.20. The molecule has 1 atom stereocenters. The zero-order valence-electron chi connectivity index (χ0n) is 13.4. The zero-order chi connectivity index (χ0) is 15.1. The molecule has 3 heteroatoms. The fourth-order valence-electron chi connectivity index (χ4n) is 3.22. The predicted molar refractivity (Wildman–Crippen MR) is 87.5 cm³/mol. The molecule has 0 amide bonds. The molecule has 1 aliphatic heterocycles. The van der Waals surface area contributed by atoms with Gasteiger partial charge < -0.3 is 0 Å². The summed E-state index contributed by atoms with van der Waals surface area (Å²) in [7, 11) is 2.06. The van der Waals surface area contributed by atoms with Crippen LogP contribution < -0.4 is 0 Å². The van der Waals surface area contributed by atoms with Crippen LogP contribution in [0.15, 0.2) is 30.3 Å². The molecule has 1 aromatic rings. The monoisotopic (exact) mass is 288 g/mol. The number of likely N-dealkylation sites (tertiary alicyclic amines) is 1. The molecule has 0 spiro atoms. The van der Waals surface area contributed by atoms with E-state index in [-0.39, 0.29) is 6.04 Å². The molecule has 1 aliphatic rings. The van der Waals surface area contributed by atoms with Gasteiger partial charge in [0.05, 0.1) is 12.6 Å². The number of likely N-dealkylation sites (N-methyl/N-ethyl adjacent to an activating group) is 2. The molecule has 0 bridgehead atoms. The van der Waals surface area contributed by atoms with E-state index in [9.17, 15) is 4.79 Å². The van der Waals surface area contributed by atoms with Crippen LogP contribution in [0.2, 0.25) is 0 Å². The zero-order valence-corrected chi connectivity index (χ0v) is 13.4. The van der Waals surface area contributed by atoms with E-state index in [1.54, 1.807) is 0 Å². The fourth-order valence-corrected chi connectivity index (χ4v) is 3.22. The first kappa shape index (κ1) is 16.2. The Kier molecular flexibility index (Phi) is 6.40. The van der Waals surface area contributed by atoms with Gasteiger partial charge in [-0.2, -0.15) is 0 Å². The lowest BCUT2D eigenvalue weighted by atomic mass is 10.1. The molecule has 0 radical (unpaired) electrons. The highest BCUT2D eigenvalue weighted by atomic mass is 16.1. The standard InChI is InChI=1S/C18H28N2O/c1-3-20-14-8-12-17(20)18(21)15-19(2)13-7-11-16-9-5-4-6-10-16/h4-6,9-10,17H,3,7-8,11-15H2,1-2H3/t17-/m0/s1. The van der Waals surface area contributed by atoms with Crippen LogP contribution in [0.25, 0.3) is 0 Å². The van der Waals surface area contributed by atoms with Crippen LogP contribution in [-0.4, -0.2) is 54.9 Å². The van der Waals surface area contributed by atoms with Gasteiger partial charge in [0.2, 0.25) is 0 Å². The number of hydrogen-bond acceptors (Lipinski definition) is 3. The number of aryl methyl sites for hydroxylation is 1. The molecule has 0 aromatic heterocycles. The van der Waals surface area contributed by atoms with Gasteiger partial charge in [0, 0.05) is 0 Å². The lowest BCUT2D eigenvalue weighted by Crippen LogP contribution is -2.41. The minimum atomic E-state index is 0.173. The summed E-state index contributed by atoms with van der Waals surface area (Å²) in [6.07, 6.45) is 4.41. The normalized spacial score (nSPS) is 19.3. The SMILES string of the molecule is CCN1CCC[C@H]1C(=O)CN(C)CCCc1ccccc1. The number of benzene rings is 1. The average molecular weight is 288 g/mol. The summed E-state index contributed by atoms with van der Waals surface area (Å²) in [5, 5.41) is 0. The number of ketones is 1. The van der Waals surface area contributed by atoms with Gasteiger partial charge in [-0.15, -0.1) is 0 Å². The smallest absolute Gasteiger partial charge is 0.163 e. The minimum absolute atomic E-state index is 0.173. The highest BCUT2D eigenvalue weighted by Crippen LogP contribution is 2.17. The third-order valence-electron chi connectivity index (χ3n) is 4.42. The molecule has 0 saturated carbocycles. The number of Topliss-reactive ketones (excluding diaryl/α,β-unsaturated/α-hetero) is 1. The van der Waals surface area contributed by atoms with E-state index in [0.29, 0.717) is 12.3 Å². The Morgan fingerprint density at radius 2 is 2.10 bits per heavy atom. The Morgan fingerprint density at radius 3 is 2.81 bits per heavy atom. The van der Waals surface area contributed by atoms with E-state index in [1.807, 2.05) is 0 Å². The van der Waals surface area contributed by atoms with Crippen LogP contribution in [0, 0.1) is 0 Å². The molecular weight excluding hydrogens is 260 g/mol. The lowest BCUT2D eigenvalue weighted by Gasteiger charge is -2.24. The first-order valence-electron chi connectivity index (χ1n) is 8.20. The van der Waals surface area contributed by atoms with Crippen molar-refractivity contribution < 1.29 is 4.79 Å². The van der Waals surface area contributed by atoms with Crippen LogP contribution in [0.3, 0.4) is 0 Å². The summed E-state index contributed by atoms with van der Waals surface area (Å²) in [6, 6.07) is 10.7. The summed E-state index contributed by atoms with van der Waals surface area (Å²) in [4.78, 5) is 16.9. The summed E-state index contributed by atoms with van der Waals surface area (Å²) >= 11 is 0. The highest BCUT2D eigenvalue weighted by molar-refractivity contribution is 5.86. The maximum absolute atomic E-state index is 12.4. The molecule has 1 fully saturated rings. The number of rotatable bonds is 8. The maximum atomic E-state index is 12.4. The maximum Gasteiger partial charge on any atom is 0.163 e. The Labute approximate surface area is 128 Å². The van der Waals surface area contributed by atoms with Crippen molar-refractivity contribution in [2.75, 3.05) is 33.2 Å². The number of nitrogens with zero attached hydrogens (tertiary/aromatic N) is 2. The van der Waals surface area contributed by atoms with Crippen LogP contribution in [0.4, 0.5) is 0 Å². The topological polar surface area (TPSA) is 23.6 Å². The second kappa shape index (κ2) is 8.30. The van der Waals surface area contributed by atoms with Crippen molar-refractivity contribution >= 4 is 5.78 Å². The van der Waals surface area contributed by atoms with E-state index in [0.717, 1.165) is 38.9 Å². The van der Waals surface area contributed by atoms with Gasteiger partial charge in [-0.25, -0.2) is 0 Å². The van der Waals surface area contributed by atoms with Crippen molar-refractivity contribution in [1.29, 1.82) is 0 Å². The van der Waals surface area contributed by atoms with Crippen molar-refractivity contribution in [1.82, 2.24) is 9.80 Å². The van der Waals surface area contributed by atoms with E-state index in [4.69, 9.17) is 0 Å². The Hall–Kier alpha value is -1.19. The van der Waals surface area contributed by atoms with Crippen molar-refractivity contribution in [3.05, 3.63) is 35.9 Å². The summed E-state index contributed by atoms with van der Waals surface area (Å²) in [6.45, 7) is 5.81. The fraction of sp³-hybridized carbons (Fsp3) is 0.611. The quantitative estimate of drug-likeness (QED) is 0.734. The second-order valence-corrected chi connectivity index (χ2v) is 6.08. The van der Waals surface area contributed by atoms with Crippen LogP contribution >= 0.6 is 0 Å². The van der Waals surface area contributed by atoms with E-state index in [1.165, 1.54) is 12.0 Å². The van der Waals surface area contributed by atoms with Gasteiger partial charge >= 0.3 is 0 Å². The largest absolute Gasteiger partial charge is 0.299 e. The van der Waals surface area contributed by atoms with Crippen LogP contribution in [0.1, 0.15) is 31.7 Å². The second-order valence-electron chi connectivity index (χ2n) is 6.08. The van der Waals surface area contributed by atoms with E-state index >= 15 is 0 Å². The molecule has 0 N–H and O–H groups in total. The number of carbonyl (C=O) groups is 1. The predicted octanol–water partition coefficient (Wildman–Crippen LogP) is 2.60. The molecule has 1 aromatic carbocycles.